The summed E-state index contributed by atoms with van der Waals surface area (Å²) in [7, 11) is 0. The minimum atomic E-state index is 0. The van der Waals surface area contributed by atoms with Gasteiger partial charge in [-0.2, -0.15) is 81.0 Å². The molecular weight excluding hydrogens is 1860 g/mol. The van der Waals surface area contributed by atoms with Crippen LogP contribution in [0.25, 0.3) is 118 Å². The van der Waals surface area contributed by atoms with Gasteiger partial charge in [0.05, 0.1) is 5.69 Å². The van der Waals surface area contributed by atoms with E-state index >= 15 is 0 Å². The Morgan fingerprint density at radius 3 is 1.06 bits per heavy atom. The van der Waals surface area contributed by atoms with Crippen LogP contribution in [0.15, 0.2) is 365 Å². The Morgan fingerprint density at radius 1 is 0.336 bits per heavy atom. The summed E-state index contributed by atoms with van der Waals surface area (Å²) in [5.74, 6) is 1.37. The Kier molecular flexibility index (Phi) is 29.2. The molecule has 18 aromatic rings. The molecule has 0 atom stereocenters. The number of rotatable bonds is 12. The third-order valence-electron chi connectivity index (χ3n) is 16.3. The number of aryl methyl sites for hydroxylation is 2. The largest absolute Gasteiger partial charge is 0.619 e. The molecule has 0 radical (unpaired) electrons. The van der Waals surface area contributed by atoms with Gasteiger partial charge in [-0.25, -0.2) is 5.69 Å². The second kappa shape index (κ2) is 40.2. The summed E-state index contributed by atoms with van der Waals surface area (Å²) < 4.78 is 5.54. The molecule has 13 nitrogen and oxygen atoms in total. The van der Waals surface area contributed by atoms with E-state index in [2.05, 4.69) is 270 Å². The van der Waals surface area contributed by atoms with Crippen molar-refractivity contribution in [1.29, 1.82) is 0 Å². The Morgan fingerprint density at radius 2 is 0.729 bits per heavy atom. The Bertz CT molecular complexity index is 5070. The minimum Gasteiger partial charge on any atom is -0.619 e. The van der Waals surface area contributed by atoms with E-state index in [0.29, 0.717) is 5.82 Å². The smallest absolute Gasteiger partial charge is 0.0600 e. The SMILES string of the molecule is Cc1cc(C)n(-c2[c-]cc(-c3ccc(-c4ccccc4)cc3)cc2)n1.[Pt].[Pt].[Pt].[c-]1cc(-c2ccc(-c3ccccc3)cc2)ccc1-n1cccn1.[c-]1cc(-c2ccc(-c3ccccc3)cc2)ccc1-n1cccn1.[c-]1ccccc1-c1ccn[n-]1.[c-]1ccccc1-c1ncc[n-]1.[c-]1ccccc1-c1nnc[n-]1. The summed E-state index contributed by atoms with van der Waals surface area (Å²) in [5.41, 5.74) is 23.1. The molecule has 0 unspecified atom stereocenters. The van der Waals surface area contributed by atoms with Crippen molar-refractivity contribution >= 4 is 0 Å². The second-order valence-corrected chi connectivity index (χ2v) is 23.4. The van der Waals surface area contributed by atoms with E-state index in [1.165, 1.54) is 56.4 Å². The number of benzene rings is 12. The van der Waals surface area contributed by atoms with Crippen LogP contribution in [0.3, 0.4) is 0 Å². The summed E-state index contributed by atoms with van der Waals surface area (Å²) in [6, 6.07) is 125. The van der Waals surface area contributed by atoms with Crippen LogP contribution >= 0.6 is 0 Å². The molecule has 6 heterocycles. The van der Waals surface area contributed by atoms with Crippen LogP contribution in [0.4, 0.5) is 0 Å². The van der Waals surface area contributed by atoms with Gasteiger partial charge in [-0.1, -0.05) is 199 Å². The molecule has 0 aliphatic rings. The van der Waals surface area contributed by atoms with Gasteiger partial charge in [-0.3, -0.25) is 14.0 Å². The normalized spacial score (nSPS) is 10.1. The van der Waals surface area contributed by atoms with Crippen molar-refractivity contribution < 1.29 is 63.2 Å². The molecule has 0 aliphatic carbocycles. The first kappa shape index (κ1) is 77.5. The van der Waals surface area contributed by atoms with Gasteiger partial charge in [0.15, 0.2) is 0 Å². The maximum atomic E-state index is 4.51. The van der Waals surface area contributed by atoms with Gasteiger partial charge in [0.25, 0.3) is 0 Å². The molecule has 107 heavy (non-hydrogen) atoms. The molecule has 0 N–H and O–H groups in total. The zero-order valence-electron chi connectivity index (χ0n) is 57.9. The number of imidazole rings is 1. The topological polar surface area (TPSA) is 147 Å². The van der Waals surface area contributed by atoms with E-state index < -0.39 is 0 Å². The van der Waals surface area contributed by atoms with Gasteiger partial charge >= 0.3 is 0 Å². The molecule has 0 amide bonds. The predicted octanol–water partition coefficient (Wildman–Crippen LogP) is 19.5. The van der Waals surface area contributed by atoms with E-state index in [9.17, 15) is 0 Å². The molecule has 0 fully saturated rings. The van der Waals surface area contributed by atoms with E-state index in [4.69, 9.17) is 0 Å². The molecule has 0 spiro atoms. The molecule has 0 aliphatic heterocycles. The van der Waals surface area contributed by atoms with Crippen molar-refractivity contribution in [3.63, 3.8) is 0 Å². The number of nitrogens with zero attached hydrogens (tertiary/aromatic N) is 13. The molecule has 0 saturated carbocycles. The molecule has 0 bridgehead atoms. The van der Waals surface area contributed by atoms with Crippen molar-refractivity contribution in [1.82, 2.24) is 64.7 Å². The molecular formula is C91H66N13Pt3-9. The third-order valence-corrected chi connectivity index (χ3v) is 16.3. The van der Waals surface area contributed by atoms with Crippen LogP contribution in [-0.2, 0) is 63.2 Å². The molecule has 0 saturated heterocycles. The maximum absolute atomic E-state index is 4.51. The summed E-state index contributed by atoms with van der Waals surface area (Å²) in [4.78, 5) is 12.0. The van der Waals surface area contributed by atoms with E-state index in [1.54, 1.807) is 31.0 Å². The zero-order chi connectivity index (χ0) is 70.8. The van der Waals surface area contributed by atoms with E-state index in [0.717, 1.165) is 73.3 Å². The fourth-order valence-electron chi connectivity index (χ4n) is 11.0. The maximum Gasteiger partial charge on any atom is 0.0600 e. The van der Waals surface area contributed by atoms with Crippen molar-refractivity contribution in [2.75, 3.05) is 0 Å². The van der Waals surface area contributed by atoms with Crippen molar-refractivity contribution in [3.05, 3.63) is 413 Å². The Labute approximate surface area is 667 Å². The summed E-state index contributed by atoms with van der Waals surface area (Å²) in [6.07, 6.45) is 13.8. The fourth-order valence-corrected chi connectivity index (χ4v) is 11.0. The minimum absolute atomic E-state index is 0. The van der Waals surface area contributed by atoms with Crippen molar-refractivity contribution in [2.45, 2.75) is 13.8 Å². The average molecular weight is 1930 g/mol. The number of hydrogen-bond donors (Lipinski definition) is 0. The third kappa shape index (κ3) is 21.8. The van der Waals surface area contributed by atoms with Gasteiger partial charge in [0.1, 0.15) is 0 Å². The van der Waals surface area contributed by atoms with E-state index in [-0.39, 0.29) is 63.2 Å². The van der Waals surface area contributed by atoms with Gasteiger partial charge in [-0.15, -0.1) is 143 Å². The van der Waals surface area contributed by atoms with Gasteiger partial charge in [-0.05, 0) is 95.0 Å². The van der Waals surface area contributed by atoms with Gasteiger partial charge < -0.3 is 35.3 Å². The standard InChI is InChI=1S/C23H19N2.2C21H15N2.2C9H6N2.C8H5N3.3Pt/c1-17-16-18(2)25(24-17)23-14-12-22(13-15-23)21-10-8-20(9-11-21)19-6-4-3-5-7-19;2*1-2-5-17(6-3-1)18-7-9-19(10-8-18)20-11-13-21(14-12-20)23-16-4-15-22-23;1-2-4-8(5-3-1)9-10-6-7-11-9;1-2-4-8(5-3-1)9-6-7-10-11-9;1-2-4-7(5-3-1)8-9-6-10-11-8;;;/h3-14,16H,1-2H3;2*1-13,15-16H;2*1-4,6-7H;1-4,6H;;;/q3*-1;3*-2;;;. The molecule has 6 aromatic heterocycles. The molecule has 534 valence electrons. The predicted molar refractivity (Wildman–Crippen MR) is 413 cm³/mol. The molecule has 16 heteroatoms. The van der Waals surface area contributed by atoms with Crippen molar-refractivity contribution in [3.8, 4) is 118 Å². The monoisotopic (exact) mass is 1930 g/mol. The Balaban J connectivity index is 0.000000141. The van der Waals surface area contributed by atoms with Crippen molar-refractivity contribution in [2.24, 2.45) is 0 Å². The van der Waals surface area contributed by atoms with Crippen LogP contribution in [0.1, 0.15) is 11.4 Å². The summed E-state index contributed by atoms with van der Waals surface area (Å²) >= 11 is 0. The average Bonchev–Trinajstić information content (AvgIpc) is 1.80. The van der Waals surface area contributed by atoms with Crippen LogP contribution in [0.2, 0.25) is 0 Å². The Hall–Kier alpha value is -12.1. The quantitative estimate of drug-likeness (QED) is 0.108. The van der Waals surface area contributed by atoms with Crippen LogP contribution < -0.4 is 15.1 Å². The molecule has 18 rings (SSSR count). The van der Waals surface area contributed by atoms with Crippen LogP contribution in [-0.4, -0.2) is 49.6 Å². The van der Waals surface area contributed by atoms with Gasteiger partial charge in [0, 0.05) is 93.7 Å². The first-order chi connectivity index (χ1) is 51.4. The number of aromatic nitrogens is 13. The van der Waals surface area contributed by atoms with E-state index in [1.807, 2.05) is 173 Å². The first-order valence-electron chi connectivity index (χ1n) is 33.6. The summed E-state index contributed by atoms with van der Waals surface area (Å²) in [5, 5.41) is 28.0. The summed E-state index contributed by atoms with van der Waals surface area (Å²) in [6.45, 7) is 4.07. The first-order valence-corrected chi connectivity index (χ1v) is 33.6. The van der Waals surface area contributed by atoms with Crippen LogP contribution in [0.5, 0.6) is 0 Å². The molecule has 12 aromatic carbocycles. The number of hydrogen-bond acceptors (Lipinski definition) is 7. The fraction of sp³-hybridized carbons (Fsp3) is 0.0220. The second-order valence-electron chi connectivity index (χ2n) is 23.4. The zero-order valence-corrected chi connectivity index (χ0v) is 64.7. The van der Waals surface area contributed by atoms with Gasteiger partial charge in [0.2, 0.25) is 0 Å². The van der Waals surface area contributed by atoms with Crippen LogP contribution in [0, 0.1) is 50.2 Å².